The number of ether oxygens (including phenoxy) is 1. The summed E-state index contributed by atoms with van der Waals surface area (Å²) in [4.78, 5) is 20.5. The highest BCUT2D eigenvalue weighted by atomic mass is 16.6. The predicted octanol–water partition coefficient (Wildman–Crippen LogP) is 0.974. The van der Waals surface area contributed by atoms with Gasteiger partial charge in [0.05, 0.1) is 16.6 Å². The summed E-state index contributed by atoms with van der Waals surface area (Å²) in [5, 5.41) is 22.1. The molecule has 94 valence electrons. The van der Waals surface area contributed by atoms with Gasteiger partial charge >= 0.3 is 6.09 Å². The lowest BCUT2D eigenvalue weighted by molar-refractivity contribution is -0.384. The van der Waals surface area contributed by atoms with Crippen LogP contribution in [0.3, 0.4) is 0 Å². The zero-order valence-electron chi connectivity index (χ0n) is 9.25. The highest BCUT2D eigenvalue weighted by Crippen LogP contribution is 2.24. The van der Waals surface area contributed by atoms with Gasteiger partial charge in [0.25, 0.3) is 5.69 Å². The Kier molecular flexibility index (Phi) is 4.45. The molecule has 1 aromatic carbocycles. The number of nitrogens with one attached hydrogen (secondary N) is 1. The number of amides is 1. The van der Waals surface area contributed by atoms with Crippen LogP contribution in [0.25, 0.3) is 0 Å². The number of anilines is 1. The maximum absolute atomic E-state index is 10.8. The number of primary amides is 1. The molecule has 0 radical (unpaired) electrons. The molecule has 0 heterocycles. The summed E-state index contributed by atoms with van der Waals surface area (Å²) >= 11 is 0. The van der Waals surface area contributed by atoms with Crippen LogP contribution in [0, 0.1) is 21.4 Å². The number of carbonyl (C=O) groups excluding carboxylic acids is 1. The summed E-state index contributed by atoms with van der Waals surface area (Å²) in [7, 11) is 0. The first kappa shape index (κ1) is 13.2. The van der Waals surface area contributed by atoms with Crippen molar-refractivity contribution in [1.82, 2.24) is 0 Å². The van der Waals surface area contributed by atoms with Gasteiger partial charge in [0.2, 0.25) is 0 Å². The minimum atomic E-state index is -0.911. The Morgan fingerprint density at radius 2 is 2.33 bits per heavy atom. The number of rotatable bonds is 5. The molecule has 1 rings (SSSR count). The van der Waals surface area contributed by atoms with Gasteiger partial charge in [0, 0.05) is 12.6 Å². The van der Waals surface area contributed by atoms with E-state index in [1.807, 2.05) is 6.07 Å². The second-order valence-corrected chi connectivity index (χ2v) is 3.20. The molecular formula is C10H10N4O4. The van der Waals surface area contributed by atoms with Gasteiger partial charge < -0.3 is 15.8 Å². The fourth-order valence-electron chi connectivity index (χ4n) is 1.24. The quantitative estimate of drug-likeness (QED) is 0.454. The van der Waals surface area contributed by atoms with Gasteiger partial charge in [-0.2, -0.15) is 5.26 Å². The van der Waals surface area contributed by atoms with Crippen molar-refractivity contribution in [2.75, 3.05) is 18.5 Å². The Morgan fingerprint density at radius 3 is 2.89 bits per heavy atom. The smallest absolute Gasteiger partial charge is 0.404 e. The van der Waals surface area contributed by atoms with Crippen LogP contribution in [-0.4, -0.2) is 24.2 Å². The van der Waals surface area contributed by atoms with E-state index < -0.39 is 11.0 Å². The monoisotopic (exact) mass is 250 g/mol. The Bertz CT molecular complexity index is 509. The Labute approximate surface area is 102 Å². The molecule has 0 aliphatic rings. The summed E-state index contributed by atoms with van der Waals surface area (Å²) in [5.74, 6) is 0. The molecule has 0 bridgehead atoms. The standard InChI is InChI=1S/C10H10N4O4/c11-6-7-1-2-8(9(5-7)14(16)17)13-3-4-18-10(12)15/h1-2,5,13H,3-4H2,(H2,12,15). The molecule has 0 spiro atoms. The maximum Gasteiger partial charge on any atom is 0.404 e. The first-order chi connectivity index (χ1) is 8.54. The lowest BCUT2D eigenvalue weighted by Crippen LogP contribution is -2.18. The molecule has 3 N–H and O–H groups in total. The number of hydrogen-bond donors (Lipinski definition) is 2. The van der Waals surface area contributed by atoms with E-state index in [-0.39, 0.29) is 30.1 Å². The van der Waals surface area contributed by atoms with Crippen molar-refractivity contribution in [2.24, 2.45) is 5.73 Å². The second kappa shape index (κ2) is 6.05. The van der Waals surface area contributed by atoms with E-state index in [1.54, 1.807) is 0 Å². The molecule has 0 unspecified atom stereocenters. The van der Waals surface area contributed by atoms with E-state index in [1.165, 1.54) is 12.1 Å². The van der Waals surface area contributed by atoms with Gasteiger partial charge in [-0.25, -0.2) is 4.79 Å². The highest BCUT2D eigenvalue weighted by molar-refractivity contribution is 5.65. The topological polar surface area (TPSA) is 131 Å². The zero-order chi connectivity index (χ0) is 13.5. The van der Waals surface area contributed by atoms with Crippen molar-refractivity contribution < 1.29 is 14.5 Å². The average Bonchev–Trinajstić information content (AvgIpc) is 2.34. The van der Waals surface area contributed by atoms with Gasteiger partial charge in [-0.15, -0.1) is 0 Å². The normalized spacial score (nSPS) is 9.28. The molecule has 0 fully saturated rings. The molecule has 0 saturated carbocycles. The van der Waals surface area contributed by atoms with Gasteiger partial charge in [-0.3, -0.25) is 10.1 Å². The lowest BCUT2D eigenvalue weighted by atomic mass is 10.2. The van der Waals surface area contributed by atoms with Gasteiger partial charge in [-0.05, 0) is 12.1 Å². The largest absolute Gasteiger partial charge is 0.448 e. The molecule has 0 aliphatic heterocycles. The van der Waals surface area contributed by atoms with Crippen LogP contribution in [-0.2, 0) is 4.74 Å². The van der Waals surface area contributed by atoms with Crippen LogP contribution >= 0.6 is 0 Å². The van der Waals surface area contributed by atoms with Crippen LogP contribution in [0.4, 0.5) is 16.2 Å². The van der Waals surface area contributed by atoms with E-state index in [4.69, 9.17) is 11.0 Å². The lowest BCUT2D eigenvalue weighted by Gasteiger charge is -2.07. The number of nitro groups is 1. The summed E-state index contributed by atoms with van der Waals surface area (Å²) < 4.78 is 4.46. The number of nitriles is 1. The van der Waals surface area contributed by atoms with Gasteiger partial charge in [0.1, 0.15) is 12.3 Å². The summed E-state index contributed by atoms with van der Waals surface area (Å²) in [5.41, 5.74) is 4.98. The first-order valence-corrected chi connectivity index (χ1v) is 4.89. The molecule has 0 saturated heterocycles. The molecule has 0 atom stereocenters. The Balaban J connectivity index is 2.73. The molecule has 0 aromatic heterocycles. The van der Waals surface area contributed by atoms with Crippen LogP contribution in [0.1, 0.15) is 5.56 Å². The molecule has 0 aliphatic carbocycles. The van der Waals surface area contributed by atoms with Crippen molar-refractivity contribution >= 4 is 17.5 Å². The molecule has 1 aromatic rings. The minimum Gasteiger partial charge on any atom is -0.448 e. The third-order valence-electron chi connectivity index (χ3n) is 1.99. The third kappa shape index (κ3) is 3.64. The maximum atomic E-state index is 10.8. The van der Waals surface area contributed by atoms with Gasteiger partial charge in [-0.1, -0.05) is 0 Å². The van der Waals surface area contributed by atoms with E-state index >= 15 is 0 Å². The minimum absolute atomic E-state index is 0.00745. The predicted molar refractivity (Wildman–Crippen MR) is 61.8 cm³/mol. The fraction of sp³-hybridized carbons (Fsp3) is 0.200. The van der Waals surface area contributed by atoms with Gasteiger partial charge in [0.15, 0.2) is 0 Å². The number of nitrogens with zero attached hydrogens (tertiary/aromatic N) is 2. The zero-order valence-corrected chi connectivity index (χ0v) is 9.25. The summed E-state index contributed by atoms with van der Waals surface area (Å²) in [6, 6.07) is 5.84. The van der Waals surface area contributed by atoms with E-state index in [2.05, 4.69) is 10.1 Å². The second-order valence-electron chi connectivity index (χ2n) is 3.20. The van der Waals surface area contributed by atoms with Crippen molar-refractivity contribution in [2.45, 2.75) is 0 Å². The number of hydrogen-bond acceptors (Lipinski definition) is 6. The van der Waals surface area contributed by atoms with Crippen LogP contribution in [0.15, 0.2) is 18.2 Å². The molecule has 8 nitrogen and oxygen atoms in total. The van der Waals surface area contributed by atoms with Crippen molar-refractivity contribution in [3.8, 4) is 6.07 Å². The average molecular weight is 250 g/mol. The number of carbonyl (C=O) groups is 1. The molecule has 18 heavy (non-hydrogen) atoms. The fourth-order valence-corrected chi connectivity index (χ4v) is 1.24. The molecule has 8 heteroatoms. The van der Waals surface area contributed by atoms with Crippen molar-refractivity contribution in [3.63, 3.8) is 0 Å². The number of nitrogens with two attached hydrogens (primary N) is 1. The molecule has 1 amide bonds. The van der Waals surface area contributed by atoms with Crippen molar-refractivity contribution in [3.05, 3.63) is 33.9 Å². The van der Waals surface area contributed by atoms with Crippen LogP contribution < -0.4 is 11.1 Å². The number of nitro benzene ring substituents is 1. The summed E-state index contributed by atoms with van der Waals surface area (Å²) in [6.07, 6.45) is -0.911. The third-order valence-corrected chi connectivity index (χ3v) is 1.99. The molecular weight excluding hydrogens is 240 g/mol. The van der Waals surface area contributed by atoms with E-state index in [9.17, 15) is 14.9 Å². The van der Waals surface area contributed by atoms with Crippen LogP contribution in [0.5, 0.6) is 0 Å². The van der Waals surface area contributed by atoms with E-state index in [0.717, 1.165) is 6.07 Å². The summed E-state index contributed by atoms with van der Waals surface area (Å²) in [6.45, 7) is 0.169. The Hall–Kier alpha value is -2.82. The number of benzene rings is 1. The Morgan fingerprint density at radius 1 is 1.61 bits per heavy atom. The first-order valence-electron chi connectivity index (χ1n) is 4.89. The van der Waals surface area contributed by atoms with Crippen LogP contribution in [0.2, 0.25) is 0 Å². The highest BCUT2D eigenvalue weighted by Gasteiger charge is 2.14. The van der Waals surface area contributed by atoms with Crippen molar-refractivity contribution in [1.29, 1.82) is 5.26 Å². The SMILES string of the molecule is N#Cc1ccc(NCCOC(N)=O)c([N+](=O)[O-])c1. The van der Waals surface area contributed by atoms with E-state index in [0.29, 0.717) is 0 Å².